The molecule has 0 aliphatic heterocycles. The van der Waals surface area contributed by atoms with E-state index in [2.05, 4.69) is 5.32 Å². The smallest absolute Gasteiger partial charge is 0.241 e. The van der Waals surface area contributed by atoms with E-state index in [0.717, 1.165) is 6.42 Å². The largest absolute Gasteiger partial charge is 0.457 e. The van der Waals surface area contributed by atoms with Crippen molar-refractivity contribution in [2.45, 2.75) is 18.9 Å². The van der Waals surface area contributed by atoms with Crippen LogP contribution in [-0.4, -0.2) is 11.9 Å². The number of halogens is 1. The third kappa shape index (κ3) is 5.84. The van der Waals surface area contributed by atoms with Gasteiger partial charge < -0.3 is 15.8 Å². The van der Waals surface area contributed by atoms with Crippen LogP contribution in [0.3, 0.4) is 0 Å². The molecule has 27 heavy (non-hydrogen) atoms. The number of hydrogen-bond acceptors (Lipinski definition) is 3. The number of hydrogen-bond donors (Lipinski definition) is 2. The maximum absolute atomic E-state index is 12.3. The molecule has 0 saturated carbocycles. The summed E-state index contributed by atoms with van der Waals surface area (Å²) in [6.07, 6.45) is 1.36. The highest BCUT2D eigenvalue weighted by atomic mass is 35.5. The first-order chi connectivity index (χ1) is 13.1. The summed E-state index contributed by atoms with van der Waals surface area (Å²) < 4.78 is 5.73. The van der Waals surface area contributed by atoms with E-state index < -0.39 is 6.04 Å². The van der Waals surface area contributed by atoms with Crippen molar-refractivity contribution in [1.29, 1.82) is 0 Å². The SMILES string of the molecule is NC(CCc1ccccc1)C(=O)Nc1ccc(Oc2ccc(Cl)cc2)cc1. The Labute approximate surface area is 163 Å². The van der Waals surface area contributed by atoms with E-state index in [1.807, 2.05) is 30.3 Å². The lowest BCUT2D eigenvalue weighted by Gasteiger charge is -2.13. The molecule has 0 saturated heterocycles. The Kier molecular flexibility index (Phi) is 6.47. The van der Waals surface area contributed by atoms with E-state index in [0.29, 0.717) is 28.6 Å². The molecule has 0 heterocycles. The summed E-state index contributed by atoms with van der Waals surface area (Å²) in [4.78, 5) is 12.3. The zero-order chi connectivity index (χ0) is 19.1. The van der Waals surface area contributed by atoms with Gasteiger partial charge in [-0.05, 0) is 66.9 Å². The average Bonchev–Trinajstić information content (AvgIpc) is 2.70. The number of amides is 1. The lowest BCUT2D eigenvalue weighted by molar-refractivity contribution is -0.117. The van der Waals surface area contributed by atoms with Crippen LogP contribution in [-0.2, 0) is 11.2 Å². The van der Waals surface area contributed by atoms with Gasteiger partial charge in [0.15, 0.2) is 0 Å². The molecule has 3 rings (SSSR count). The van der Waals surface area contributed by atoms with Crippen molar-refractivity contribution in [2.24, 2.45) is 5.73 Å². The highest BCUT2D eigenvalue weighted by Gasteiger charge is 2.13. The average molecular weight is 381 g/mol. The lowest BCUT2D eigenvalue weighted by Crippen LogP contribution is -2.36. The van der Waals surface area contributed by atoms with E-state index in [1.54, 1.807) is 48.5 Å². The predicted molar refractivity (Wildman–Crippen MR) is 109 cm³/mol. The molecule has 3 aromatic rings. The fourth-order valence-electron chi connectivity index (χ4n) is 2.58. The van der Waals surface area contributed by atoms with Crippen LogP contribution in [0.25, 0.3) is 0 Å². The number of carbonyl (C=O) groups excluding carboxylic acids is 1. The first-order valence-electron chi connectivity index (χ1n) is 8.74. The molecule has 1 amide bonds. The molecule has 3 aromatic carbocycles. The molecule has 1 unspecified atom stereocenters. The summed E-state index contributed by atoms with van der Waals surface area (Å²) in [5.41, 5.74) is 7.86. The van der Waals surface area contributed by atoms with Crippen molar-refractivity contribution < 1.29 is 9.53 Å². The Bertz CT molecular complexity index is 865. The minimum Gasteiger partial charge on any atom is -0.457 e. The van der Waals surface area contributed by atoms with E-state index in [1.165, 1.54) is 5.56 Å². The summed E-state index contributed by atoms with van der Waals surface area (Å²) in [7, 11) is 0. The van der Waals surface area contributed by atoms with E-state index in [4.69, 9.17) is 22.1 Å². The standard InChI is InChI=1S/C22H21ClN2O2/c23-17-7-11-19(12-8-17)27-20-13-9-18(10-14-20)25-22(26)21(24)15-6-16-4-2-1-3-5-16/h1-5,7-14,21H,6,15,24H2,(H,25,26). The fraction of sp³-hybridized carbons (Fsp3) is 0.136. The van der Waals surface area contributed by atoms with E-state index in [-0.39, 0.29) is 5.91 Å². The molecule has 0 radical (unpaired) electrons. The minimum absolute atomic E-state index is 0.197. The molecule has 138 valence electrons. The van der Waals surface area contributed by atoms with Crippen LogP contribution in [0.15, 0.2) is 78.9 Å². The highest BCUT2D eigenvalue weighted by Crippen LogP contribution is 2.24. The first kappa shape index (κ1) is 19.0. The molecular formula is C22H21ClN2O2. The molecule has 0 spiro atoms. The summed E-state index contributed by atoms with van der Waals surface area (Å²) >= 11 is 5.86. The van der Waals surface area contributed by atoms with Crippen molar-refractivity contribution in [3.8, 4) is 11.5 Å². The Balaban J connectivity index is 1.51. The van der Waals surface area contributed by atoms with Crippen molar-refractivity contribution in [2.75, 3.05) is 5.32 Å². The van der Waals surface area contributed by atoms with Gasteiger partial charge in [-0.2, -0.15) is 0 Å². The van der Waals surface area contributed by atoms with Gasteiger partial charge in [-0.3, -0.25) is 4.79 Å². The lowest BCUT2D eigenvalue weighted by atomic mass is 10.1. The zero-order valence-corrected chi connectivity index (χ0v) is 15.5. The molecule has 1 atom stereocenters. The van der Waals surface area contributed by atoms with Gasteiger partial charge in [0.05, 0.1) is 6.04 Å². The zero-order valence-electron chi connectivity index (χ0n) is 14.8. The monoisotopic (exact) mass is 380 g/mol. The van der Waals surface area contributed by atoms with Gasteiger partial charge in [-0.1, -0.05) is 41.9 Å². The van der Waals surface area contributed by atoms with Gasteiger partial charge in [-0.25, -0.2) is 0 Å². The Morgan fingerprint density at radius 1 is 0.926 bits per heavy atom. The van der Waals surface area contributed by atoms with Crippen LogP contribution in [0.5, 0.6) is 11.5 Å². The maximum atomic E-state index is 12.3. The number of rotatable bonds is 7. The fourth-order valence-corrected chi connectivity index (χ4v) is 2.70. The third-order valence-corrected chi connectivity index (χ3v) is 4.35. The van der Waals surface area contributed by atoms with Gasteiger partial charge in [0.2, 0.25) is 5.91 Å². The van der Waals surface area contributed by atoms with Crippen molar-refractivity contribution in [1.82, 2.24) is 0 Å². The second-order valence-corrected chi connectivity index (χ2v) is 6.64. The molecule has 0 bridgehead atoms. The van der Waals surface area contributed by atoms with Crippen molar-refractivity contribution in [3.05, 3.63) is 89.4 Å². The van der Waals surface area contributed by atoms with Gasteiger partial charge in [0, 0.05) is 10.7 Å². The highest BCUT2D eigenvalue weighted by molar-refractivity contribution is 6.30. The van der Waals surface area contributed by atoms with Crippen LogP contribution in [0.2, 0.25) is 5.02 Å². The second kappa shape index (κ2) is 9.21. The minimum atomic E-state index is -0.560. The molecule has 0 aliphatic rings. The summed E-state index contributed by atoms with van der Waals surface area (Å²) in [6.45, 7) is 0. The number of anilines is 1. The summed E-state index contributed by atoms with van der Waals surface area (Å²) in [5, 5.41) is 3.50. The number of nitrogens with one attached hydrogen (secondary N) is 1. The molecule has 0 aliphatic carbocycles. The van der Waals surface area contributed by atoms with Crippen LogP contribution in [0, 0.1) is 0 Å². The maximum Gasteiger partial charge on any atom is 0.241 e. The van der Waals surface area contributed by atoms with Crippen molar-refractivity contribution in [3.63, 3.8) is 0 Å². The van der Waals surface area contributed by atoms with Gasteiger partial charge in [-0.15, -0.1) is 0 Å². The Morgan fingerprint density at radius 2 is 1.52 bits per heavy atom. The van der Waals surface area contributed by atoms with Gasteiger partial charge in [0.25, 0.3) is 0 Å². The Morgan fingerprint density at radius 3 is 2.15 bits per heavy atom. The number of benzene rings is 3. The summed E-state index contributed by atoms with van der Waals surface area (Å²) in [6, 6.07) is 23.7. The van der Waals surface area contributed by atoms with Gasteiger partial charge >= 0.3 is 0 Å². The quantitative estimate of drug-likeness (QED) is 0.604. The number of nitrogens with two attached hydrogens (primary N) is 1. The predicted octanol–water partition coefficient (Wildman–Crippen LogP) is 5.03. The Hall–Kier alpha value is -2.82. The normalized spacial score (nSPS) is 11.6. The van der Waals surface area contributed by atoms with Crippen molar-refractivity contribution >= 4 is 23.2 Å². The summed E-state index contributed by atoms with van der Waals surface area (Å²) in [5.74, 6) is 1.17. The van der Waals surface area contributed by atoms with Gasteiger partial charge in [0.1, 0.15) is 11.5 Å². The molecule has 3 N–H and O–H groups in total. The van der Waals surface area contributed by atoms with E-state index >= 15 is 0 Å². The van der Waals surface area contributed by atoms with Crippen LogP contribution in [0.1, 0.15) is 12.0 Å². The van der Waals surface area contributed by atoms with Crippen LogP contribution in [0.4, 0.5) is 5.69 Å². The molecular weight excluding hydrogens is 360 g/mol. The molecule has 4 nitrogen and oxygen atoms in total. The topological polar surface area (TPSA) is 64.4 Å². The first-order valence-corrected chi connectivity index (χ1v) is 9.12. The molecule has 5 heteroatoms. The number of ether oxygens (including phenoxy) is 1. The van der Waals surface area contributed by atoms with E-state index in [9.17, 15) is 4.79 Å². The third-order valence-electron chi connectivity index (χ3n) is 4.09. The number of aryl methyl sites for hydroxylation is 1. The van der Waals surface area contributed by atoms with Crippen LogP contribution >= 0.6 is 11.6 Å². The number of carbonyl (C=O) groups is 1. The molecule has 0 aromatic heterocycles. The molecule has 0 fully saturated rings. The van der Waals surface area contributed by atoms with Crippen LogP contribution < -0.4 is 15.8 Å². The second-order valence-electron chi connectivity index (χ2n) is 6.20.